The van der Waals surface area contributed by atoms with Gasteiger partial charge in [0.1, 0.15) is 5.92 Å². The van der Waals surface area contributed by atoms with Crippen molar-refractivity contribution in [3.8, 4) is 6.07 Å². The molecule has 4 nitrogen and oxygen atoms in total. The molecule has 1 saturated heterocycles. The molecule has 1 aliphatic rings. The first kappa shape index (κ1) is 13.8. The largest absolute Gasteiger partial charge is 0.297 e. The van der Waals surface area contributed by atoms with Crippen molar-refractivity contribution in [3.63, 3.8) is 0 Å². The van der Waals surface area contributed by atoms with Gasteiger partial charge in [0.25, 0.3) is 0 Å². The first-order valence-electron chi connectivity index (χ1n) is 6.14. The second-order valence-electron chi connectivity index (χ2n) is 4.92. The normalized spacial score (nSPS) is 22.6. The summed E-state index contributed by atoms with van der Waals surface area (Å²) in [7, 11) is -3.10. The Morgan fingerprint density at radius 3 is 2.63 bits per heavy atom. The van der Waals surface area contributed by atoms with Crippen LogP contribution >= 0.6 is 0 Å². The Morgan fingerprint density at radius 2 is 2.11 bits per heavy atom. The van der Waals surface area contributed by atoms with E-state index in [1.165, 1.54) is 0 Å². The Kier molecular flexibility index (Phi) is 3.72. The third kappa shape index (κ3) is 2.85. The number of nitriles is 1. The molecule has 0 spiro atoms. The molecule has 0 N–H and O–H groups in total. The molecule has 1 fully saturated rings. The van der Waals surface area contributed by atoms with Gasteiger partial charge < -0.3 is 0 Å². The van der Waals surface area contributed by atoms with Crippen LogP contribution < -0.4 is 0 Å². The average molecular weight is 277 g/mol. The zero-order chi connectivity index (χ0) is 14.0. The van der Waals surface area contributed by atoms with E-state index >= 15 is 0 Å². The van der Waals surface area contributed by atoms with Crippen molar-refractivity contribution in [2.45, 2.75) is 19.3 Å². The van der Waals surface area contributed by atoms with Gasteiger partial charge in [-0.05, 0) is 24.5 Å². The van der Waals surface area contributed by atoms with Gasteiger partial charge >= 0.3 is 0 Å². The van der Waals surface area contributed by atoms with Crippen LogP contribution in [0.25, 0.3) is 0 Å². The fourth-order valence-electron chi connectivity index (χ4n) is 2.45. The SMILES string of the molecule is Cc1ccccc1C(C#N)C(=O)C1CCS(=O)(=O)C1. The minimum absolute atomic E-state index is 0.0509. The van der Waals surface area contributed by atoms with Gasteiger partial charge in [0.2, 0.25) is 0 Å². The molecule has 0 aliphatic carbocycles. The topological polar surface area (TPSA) is 75.0 Å². The monoisotopic (exact) mass is 277 g/mol. The number of sulfone groups is 1. The molecular weight excluding hydrogens is 262 g/mol. The van der Waals surface area contributed by atoms with E-state index in [0.29, 0.717) is 12.0 Å². The molecule has 2 atom stereocenters. The summed E-state index contributed by atoms with van der Waals surface area (Å²) in [5.41, 5.74) is 1.56. The van der Waals surface area contributed by atoms with Gasteiger partial charge in [-0.3, -0.25) is 4.79 Å². The number of ketones is 1. The maximum Gasteiger partial charge on any atom is 0.158 e. The lowest BCUT2D eigenvalue weighted by molar-refractivity contribution is -0.122. The highest BCUT2D eigenvalue weighted by Gasteiger charge is 2.37. The van der Waals surface area contributed by atoms with Crippen LogP contribution in [0.1, 0.15) is 23.5 Å². The van der Waals surface area contributed by atoms with Gasteiger partial charge in [0.05, 0.1) is 17.6 Å². The molecule has 2 unspecified atom stereocenters. The molecule has 0 bridgehead atoms. The highest BCUT2D eigenvalue weighted by Crippen LogP contribution is 2.28. The Balaban J connectivity index is 2.27. The maximum absolute atomic E-state index is 12.3. The summed E-state index contributed by atoms with van der Waals surface area (Å²) in [4.78, 5) is 12.3. The molecule has 1 aromatic carbocycles. The molecule has 19 heavy (non-hydrogen) atoms. The van der Waals surface area contributed by atoms with Crippen LogP contribution in [0.2, 0.25) is 0 Å². The Hall–Kier alpha value is -1.67. The van der Waals surface area contributed by atoms with E-state index in [4.69, 9.17) is 0 Å². The van der Waals surface area contributed by atoms with Crippen molar-refractivity contribution in [1.82, 2.24) is 0 Å². The van der Waals surface area contributed by atoms with E-state index in [0.717, 1.165) is 5.56 Å². The van der Waals surface area contributed by atoms with Gasteiger partial charge in [0, 0.05) is 5.92 Å². The first-order valence-corrected chi connectivity index (χ1v) is 7.96. The zero-order valence-corrected chi connectivity index (χ0v) is 11.5. The predicted molar refractivity (Wildman–Crippen MR) is 71.3 cm³/mol. The van der Waals surface area contributed by atoms with Crippen molar-refractivity contribution < 1.29 is 13.2 Å². The smallest absolute Gasteiger partial charge is 0.158 e. The molecule has 0 aromatic heterocycles. The van der Waals surface area contributed by atoms with E-state index in [1.807, 2.05) is 25.1 Å². The van der Waals surface area contributed by atoms with Crippen LogP contribution in [0, 0.1) is 24.2 Å². The molecule has 1 aromatic rings. The summed E-state index contributed by atoms with van der Waals surface area (Å²) >= 11 is 0. The summed E-state index contributed by atoms with van der Waals surface area (Å²) in [6.07, 6.45) is 0.339. The number of nitrogens with zero attached hydrogens (tertiary/aromatic N) is 1. The number of rotatable bonds is 3. The van der Waals surface area contributed by atoms with Crippen molar-refractivity contribution in [2.24, 2.45) is 5.92 Å². The lowest BCUT2D eigenvalue weighted by Crippen LogP contribution is -2.23. The fourth-order valence-corrected chi connectivity index (χ4v) is 4.21. The van der Waals surface area contributed by atoms with Gasteiger partial charge in [-0.2, -0.15) is 5.26 Å². The first-order chi connectivity index (χ1) is 8.94. The Bertz CT molecular complexity index is 643. The standard InChI is InChI=1S/C14H15NO3S/c1-10-4-2-3-5-12(10)13(8-15)14(16)11-6-7-19(17,18)9-11/h2-5,11,13H,6-7,9H2,1H3. The number of aryl methyl sites for hydroxylation is 1. The molecule has 0 amide bonds. The molecular formula is C14H15NO3S. The van der Waals surface area contributed by atoms with Crippen LogP contribution in [0.5, 0.6) is 0 Å². The van der Waals surface area contributed by atoms with Gasteiger partial charge in [-0.15, -0.1) is 0 Å². The van der Waals surface area contributed by atoms with Crippen LogP contribution in [0.15, 0.2) is 24.3 Å². The van der Waals surface area contributed by atoms with Crippen LogP contribution in [0.4, 0.5) is 0 Å². The van der Waals surface area contributed by atoms with E-state index in [2.05, 4.69) is 0 Å². The summed E-state index contributed by atoms with van der Waals surface area (Å²) in [5.74, 6) is -1.72. The van der Waals surface area contributed by atoms with Gasteiger partial charge in [-0.25, -0.2) is 8.42 Å². The molecule has 5 heteroatoms. The summed E-state index contributed by atoms with van der Waals surface area (Å²) in [6, 6.07) is 9.25. The molecule has 0 saturated carbocycles. The van der Waals surface area contributed by atoms with E-state index in [9.17, 15) is 18.5 Å². The minimum atomic E-state index is -3.10. The second-order valence-corrected chi connectivity index (χ2v) is 7.15. The summed E-state index contributed by atoms with van der Waals surface area (Å²) in [5, 5.41) is 9.24. The summed E-state index contributed by atoms with van der Waals surface area (Å²) < 4.78 is 22.8. The number of hydrogen-bond donors (Lipinski definition) is 0. The quantitative estimate of drug-likeness (QED) is 0.841. The van der Waals surface area contributed by atoms with E-state index in [-0.39, 0.29) is 17.3 Å². The van der Waals surface area contributed by atoms with Crippen molar-refractivity contribution in [2.75, 3.05) is 11.5 Å². The van der Waals surface area contributed by atoms with Crippen molar-refractivity contribution in [3.05, 3.63) is 35.4 Å². The summed E-state index contributed by atoms with van der Waals surface area (Å²) in [6.45, 7) is 1.85. The molecule has 2 rings (SSSR count). The number of hydrogen-bond acceptors (Lipinski definition) is 4. The van der Waals surface area contributed by atoms with Crippen LogP contribution in [-0.2, 0) is 14.6 Å². The molecule has 1 heterocycles. The number of benzene rings is 1. The Morgan fingerprint density at radius 1 is 1.42 bits per heavy atom. The maximum atomic E-state index is 12.3. The third-order valence-corrected chi connectivity index (χ3v) is 5.32. The van der Waals surface area contributed by atoms with E-state index in [1.54, 1.807) is 12.1 Å². The highest BCUT2D eigenvalue weighted by atomic mass is 32.2. The molecule has 1 aliphatic heterocycles. The molecule has 100 valence electrons. The highest BCUT2D eigenvalue weighted by molar-refractivity contribution is 7.91. The van der Waals surface area contributed by atoms with E-state index < -0.39 is 21.7 Å². The third-order valence-electron chi connectivity index (χ3n) is 3.55. The van der Waals surface area contributed by atoms with Gasteiger partial charge in [0.15, 0.2) is 15.6 Å². The fraction of sp³-hybridized carbons (Fsp3) is 0.429. The number of Topliss-reactive ketones (excluding diaryl/α,β-unsaturated/α-hetero) is 1. The van der Waals surface area contributed by atoms with Crippen molar-refractivity contribution >= 4 is 15.6 Å². The van der Waals surface area contributed by atoms with Crippen molar-refractivity contribution in [1.29, 1.82) is 5.26 Å². The number of carbonyl (C=O) groups is 1. The average Bonchev–Trinajstić information content (AvgIpc) is 2.73. The van der Waals surface area contributed by atoms with Crippen LogP contribution in [0.3, 0.4) is 0 Å². The lowest BCUT2D eigenvalue weighted by atomic mass is 9.86. The van der Waals surface area contributed by atoms with Crippen LogP contribution in [-0.4, -0.2) is 25.7 Å². The minimum Gasteiger partial charge on any atom is -0.297 e. The zero-order valence-electron chi connectivity index (χ0n) is 10.7. The lowest BCUT2D eigenvalue weighted by Gasteiger charge is -2.14. The predicted octanol–water partition coefficient (Wildman–Crippen LogP) is 1.61. The molecule has 0 radical (unpaired) electrons. The Labute approximate surface area is 113 Å². The van der Waals surface area contributed by atoms with Gasteiger partial charge in [-0.1, -0.05) is 24.3 Å². The number of carbonyl (C=O) groups excluding carboxylic acids is 1. The second kappa shape index (κ2) is 5.14.